The summed E-state index contributed by atoms with van der Waals surface area (Å²) in [6, 6.07) is 17.5. The van der Waals surface area contributed by atoms with Crippen LogP contribution in [0.2, 0.25) is 0 Å². The van der Waals surface area contributed by atoms with Crippen molar-refractivity contribution in [1.29, 1.82) is 0 Å². The molecule has 260 valence electrons. The number of nitrogens with one attached hydrogen (secondary N) is 2. The summed E-state index contributed by atoms with van der Waals surface area (Å²) in [5.41, 5.74) is 6.37. The van der Waals surface area contributed by atoms with Crippen molar-refractivity contribution in [2.24, 2.45) is 17.8 Å². The smallest absolute Gasteiger partial charge is 0.226 e. The largest absolute Gasteiger partial charge is 0.381 e. The Kier molecular flexibility index (Phi) is 8.52. The van der Waals surface area contributed by atoms with Gasteiger partial charge in [0, 0.05) is 50.8 Å². The molecular weight excluding hydrogens is 628 g/mol. The molecule has 1 aliphatic carbocycles. The van der Waals surface area contributed by atoms with E-state index < -0.39 is 0 Å². The number of likely N-dealkylation sites (tertiary alicyclic amines) is 2. The third kappa shape index (κ3) is 5.86. The number of benzene rings is 2. The summed E-state index contributed by atoms with van der Waals surface area (Å²) in [5.74, 6) is 2.95. The number of imidazole rings is 2. The van der Waals surface area contributed by atoms with Gasteiger partial charge in [0.2, 0.25) is 11.8 Å². The van der Waals surface area contributed by atoms with E-state index in [0.717, 1.165) is 110 Å². The predicted octanol–water partition coefficient (Wildman–Crippen LogP) is 6.70. The summed E-state index contributed by atoms with van der Waals surface area (Å²) < 4.78 is 11.0. The van der Waals surface area contributed by atoms with Crippen molar-refractivity contribution < 1.29 is 19.1 Å². The highest BCUT2D eigenvalue weighted by molar-refractivity contribution is 5.81. The molecule has 50 heavy (non-hydrogen) atoms. The van der Waals surface area contributed by atoms with Gasteiger partial charge in [-0.25, -0.2) is 9.97 Å². The summed E-state index contributed by atoms with van der Waals surface area (Å²) in [6.07, 6.45) is 12.4. The lowest BCUT2D eigenvalue weighted by atomic mass is 9.93. The van der Waals surface area contributed by atoms with Crippen molar-refractivity contribution in [3.63, 3.8) is 0 Å². The fraction of sp³-hybridized carbons (Fsp3) is 0.500. The van der Waals surface area contributed by atoms with Crippen LogP contribution in [0.3, 0.4) is 0 Å². The number of amides is 2. The van der Waals surface area contributed by atoms with Gasteiger partial charge in [-0.05, 0) is 86.0 Å². The van der Waals surface area contributed by atoms with Crippen molar-refractivity contribution in [1.82, 2.24) is 29.7 Å². The normalized spacial score (nSPS) is 25.8. The number of nitrogens with zero attached hydrogens (tertiary/aromatic N) is 4. The molecule has 4 aliphatic heterocycles. The zero-order valence-electron chi connectivity index (χ0n) is 28.6. The van der Waals surface area contributed by atoms with Crippen LogP contribution in [0.25, 0.3) is 33.6 Å². The molecule has 2 bridgehead atoms. The first kappa shape index (κ1) is 31.7. The molecule has 0 radical (unpaired) electrons. The van der Waals surface area contributed by atoms with Crippen LogP contribution in [0.1, 0.15) is 81.5 Å². The maximum absolute atomic E-state index is 13.7. The predicted molar refractivity (Wildman–Crippen MR) is 189 cm³/mol. The van der Waals surface area contributed by atoms with Gasteiger partial charge in [-0.2, -0.15) is 0 Å². The summed E-state index contributed by atoms with van der Waals surface area (Å²) in [4.78, 5) is 47.9. The van der Waals surface area contributed by atoms with E-state index >= 15 is 0 Å². The Morgan fingerprint density at radius 1 is 0.640 bits per heavy atom. The maximum atomic E-state index is 13.7. The number of carbonyl (C=O) groups excluding carboxylic acids is 2. The molecule has 4 atom stereocenters. The molecule has 9 rings (SSSR count). The molecule has 5 aliphatic rings. The molecule has 1 saturated carbocycles. The molecule has 2 aromatic carbocycles. The monoisotopic (exact) mass is 674 g/mol. The molecule has 4 aromatic rings. The third-order valence-corrected chi connectivity index (χ3v) is 12.0. The third-order valence-electron chi connectivity index (χ3n) is 12.0. The second-order valence-corrected chi connectivity index (χ2v) is 14.9. The zero-order valence-corrected chi connectivity index (χ0v) is 28.6. The molecule has 0 spiro atoms. The van der Waals surface area contributed by atoms with Gasteiger partial charge in [0.05, 0.1) is 35.9 Å². The van der Waals surface area contributed by atoms with E-state index in [9.17, 15) is 9.59 Å². The number of piperidine rings is 1. The second-order valence-electron chi connectivity index (χ2n) is 14.9. The number of fused-ring (bicyclic) bond motifs is 2. The molecule has 0 unspecified atom stereocenters. The van der Waals surface area contributed by atoms with Crippen molar-refractivity contribution >= 4 is 11.8 Å². The molecule has 2 aromatic heterocycles. The minimum Gasteiger partial charge on any atom is -0.381 e. The number of aromatic nitrogens is 4. The topological polar surface area (TPSA) is 116 Å². The van der Waals surface area contributed by atoms with Crippen LogP contribution in [0, 0.1) is 17.8 Å². The molecular formula is C40H46N6O4. The van der Waals surface area contributed by atoms with Crippen molar-refractivity contribution in [3.8, 4) is 33.6 Å². The Morgan fingerprint density at radius 3 is 1.80 bits per heavy atom. The van der Waals surface area contributed by atoms with E-state index in [1.165, 1.54) is 0 Å². The molecule has 5 fully saturated rings. The van der Waals surface area contributed by atoms with Gasteiger partial charge in [-0.3, -0.25) is 9.59 Å². The van der Waals surface area contributed by atoms with Gasteiger partial charge in [-0.1, -0.05) is 48.5 Å². The first-order valence-electron chi connectivity index (χ1n) is 18.7. The molecule has 10 heteroatoms. The van der Waals surface area contributed by atoms with Gasteiger partial charge < -0.3 is 29.2 Å². The van der Waals surface area contributed by atoms with Crippen LogP contribution in [-0.4, -0.2) is 80.6 Å². The highest BCUT2D eigenvalue weighted by Crippen LogP contribution is 2.50. The van der Waals surface area contributed by atoms with Gasteiger partial charge in [0.25, 0.3) is 0 Å². The summed E-state index contributed by atoms with van der Waals surface area (Å²) in [6.45, 7) is 3.50. The molecule has 2 N–H and O–H groups in total. The number of aromatic amines is 2. The lowest BCUT2D eigenvalue weighted by molar-refractivity contribution is -0.143. The fourth-order valence-electron chi connectivity index (χ4n) is 9.28. The lowest BCUT2D eigenvalue weighted by Crippen LogP contribution is -2.45. The van der Waals surface area contributed by atoms with Gasteiger partial charge in [0.1, 0.15) is 11.6 Å². The van der Waals surface area contributed by atoms with E-state index in [1.54, 1.807) is 0 Å². The number of H-pyrrole nitrogens is 2. The minimum atomic E-state index is 0.00892. The quantitative estimate of drug-likeness (QED) is 0.225. The number of hydrogen-bond acceptors (Lipinski definition) is 6. The van der Waals surface area contributed by atoms with Crippen LogP contribution in [0.4, 0.5) is 0 Å². The SMILES string of the molecule is O=C(C1CCOCC1)N1CCC[C@H]1c1ncc(-c2ccc(-c3ccc(-c4cnc([C@H]5[C@H]6CC[C@@H](C6)N5C(=O)C5CCOCC5)[nH]4)cc3)cc2)[nH]1. The number of carbonyl (C=O) groups is 2. The van der Waals surface area contributed by atoms with Gasteiger partial charge in [0.15, 0.2) is 0 Å². The van der Waals surface area contributed by atoms with Gasteiger partial charge in [-0.15, -0.1) is 0 Å². The second kappa shape index (κ2) is 13.5. The number of rotatable bonds is 7. The van der Waals surface area contributed by atoms with Crippen LogP contribution >= 0.6 is 0 Å². The summed E-state index contributed by atoms with van der Waals surface area (Å²) in [7, 11) is 0. The highest BCUT2D eigenvalue weighted by atomic mass is 16.5. The van der Waals surface area contributed by atoms with Crippen LogP contribution in [0.5, 0.6) is 0 Å². The first-order valence-corrected chi connectivity index (χ1v) is 18.7. The average Bonchev–Trinajstić information content (AvgIpc) is 4.03. The number of hydrogen-bond donors (Lipinski definition) is 2. The fourth-order valence-corrected chi connectivity index (χ4v) is 9.28. The Labute approximate surface area is 293 Å². The average molecular weight is 675 g/mol. The van der Waals surface area contributed by atoms with E-state index in [0.29, 0.717) is 44.3 Å². The Morgan fingerprint density at radius 2 is 1.18 bits per heavy atom. The van der Waals surface area contributed by atoms with Crippen LogP contribution < -0.4 is 0 Å². The van der Waals surface area contributed by atoms with E-state index in [-0.39, 0.29) is 29.8 Å². The highest BCUT2D eigenvalue weighted by Gasteiger charge is 2.51. The Hall–Kier alpha value is -4.28. The molecule has 10 nitrogen and oxygen atoms in total. The minimum absolute atomic E-state index is 0.00892. The van der Waals surface area contributed by atoms with Crippen molar-refractivity contribution in [2.45, 2.75) is 75.9 Å². The van der Waals surface area contributed by atoms with E-state index in [2.05, 4.69) is 63.4 Å². The molecule has 6 heterocycles. The lowest BCUT2D eigenvalue weighted by Gasteiger charge is -2.37. The molecule has 2 amide bonds. The Bertz CT molecular complexity index is 1820. The van der Waals surface area contributed by atoms with E-state index in [4.69, 9.17) is 19.4 Å². The Balaban J connectivity index is 0.868. The van der Waals surface area contributed by atoms with Crippen LogP contribution in [-0.2, 0) is 19.1 Å². The maximum Gasteiger partial charge on any atom is 0.226 e. The van der Waals surface area contributed by atoms with Gasteiger partial charge >= 0.3 is 0 Å². The first-order chi connectivity index (χ1) is 24.6. The summed E-state index contributed by atoms with van der Waals surface area (Å²) >= 11 is 0. The van der Waals surface area contributed by atoms with Crippen LogP contribution in [0.15, 0.2) is 60.9 Å². The molecule has 4 saturated heterocycles. The number of ether oxygens (including phenoxy) is 2. The standard InChI is InChI=1S/C40H46N6O4/c47-39(29-13-18-49-19-14-29)45-17-1-2-35(45)37-41-23-33(43-37)27-7-3-25(4-8-27)26-5-9-28(10-6-26)34-24-42-38(44-34)36-31-11-12-32(22-31)46(36)40(48)30-15-20-50-21-16-30/h3-10,23-24,29-32,35-36H,1-2,11-22H2,(H,41,43)(H,42,44)/t31-,32-,35-,36+/m0/s1. The van der Waals surface area contributed by atoms with E-state index in [1.807, 2.05) is 17.3 Å². The zero-order chi connectivity index (χ0) is 33.6. The van der Waals surface area contributed by atoms with Crippen molar-refractivity contribution in [2.75, 3.05) is 33.0 Å². The van der Waals surface area contributed by atoms with Crippen molar-refractivity contribution in [3.05, 3.63) is 72.6 Å². The summed E-state index contributed by atoms with van der Waals surface area (Å²) in [5, 5.41) is 0.